The second-order valence-electron chi connectivity index (χ2n) is 15.7. The molecule has 1 nitrogen and oxygen atoms in total. The first-order chi connectivity index (χ1) is 30.7. The lowest BCUT2D eigenvalue weighted by atomic mass is 9.90. The number of hydrogen-bond donors (Lipinski definition) is 0. The van der Waals surface area contributed by atoms with E-state index in [1.165, 1.54) is 70.2 Å². The smallest absolute Gasteiger partial charge is 0.0540 e. The van der Waals surface area contributed by atoms with E-state index in [4.69, 9.17) is 0 Å². The number of rotatable bonds is 9. The lowest BCUT2D eigenvalue weighted by Crippen LogP contribution is -2.11. The molecule has 0 saturated heterocycles. The Labute approximate surface area is 367 Å². The Hall–Kier alpha value is -7.78. The van der Waals surface area contributed by atoms with Crippen LogP contribution in [0, 0.1) is 0 Å². The van der Waals surface area contributed by atoms with Crippen LogP contribution in [-0.2, 0) is 0 Å². The standard InChI is InChI=1S/C60H41NS/c1-5-16-42(17-6-1)43-28-34-50(35-29-43)61(51-36-30-47(31-37-51)53-25-15-27-59-60(53)54-24-13-14-26-58(54)62-59)57-39-33-49(41-56(57)46-22-11-4-12-23-46)48-32-38-52(44-18-7-2-8-19-44)55(40-48)45-20-9-3-10-21-45/h1-41H. The molecule has 0 aliphatic rings. The van der Waals surface area contributed by atoms with E-state index in [9.17, 15) is 0 Å². The molecular formula is C60H41NS. The third-order valence-electron chi connectivity index (χ3n) is 11.9. The predicted molar refractivity (Wildman–Crippen MR) is 267 cm³/mol. The monoisotopic (exact) mass is 807 g/mol. The molecule has 0 radical (unpaired) electrons. The van der Waals surface area contributed by atoms with Gasteiger partial charge in [0.15, 0.2) is 0 Å². The van der Waals surface area contributed by atoms with E-state index in [0.717, 1.165) is 33.8 Å². The van der Waals surface area contributed by atoms with E-state index >= 15 is 0 Å². The molecule has 292 valence electrons. The Morgan fingerprint density at radius 2 is 0.694 bits per heavy atom. The van der Waals surface area contributed by atoms with Crippen molar-refractivity contribution in [2.45, 2.75) is 0 Å². The molecule has 62 heavy (non-hydrogen) atoms. The minimum atomic E-state index is 1.09. The second kappa shape index (κ2) is 16.3. The van der Waals surface area contributed by atoms with E-state index in [1.807, 2.05) is 11.3 Å². The number of benzene rings is 10. The summed E-state index contributed by atoms with van der Waals surface area (Å²) in [6, 6.07) is 90.3. The van der Waals surface area contributed by atoms with Crippen LogP contribution >= 0.6 is 11.3 Å². The number of fused-ring (bicyclic) bond motifs is 3. The molecule has 10 aromatic carbocycles. The molecule has 1 heterocycles. The van der Waals surface area contributed by atoms with Gasteiger partial charge in [0.05, 0.1) is 5.69 Å². The van der Waals surface area contributed by atoms with Crippen LogP contribution in [0.3, 0.4) is 0 Å². The number of hydrogen-bond acceptors (Lipinski definition) is 2. The molecule has 0 aliphatic heterocycles. The van der Waals surface area contributed by atoms with Gasteiger partial charge in [0.2, 0.25) is 0 Å². The minimum absolute atomic E-state index is 1.09. The summed E-state index contributed by atoms with van der Waals surface area (Å²) in [5, 5.41) is 2.63. The molecule has 11 aromatic rings. The molecule has 2 heteroatoms. The average Bonchev–Trinajstić information content (AvgIpc) is 3.75. The summed E-state index contributed by atoms with van der Waals surface area (Å²) >= 11 is 1.86. The third kappa shape index (κ3) is 7.07. The molecule has 0 N–H and O–H groups in total. The van der Waals surface area contributed by atoms with Crippen LogP contribution in [0.1, 0.15) is 0 Å². The van der Waals surface area contributed by atoms with Gasteiger partial charge < -0.3 is 4.90 Å². The van der Waals surface area contributed by atoms with Gasteiger partial charge in [0.25, 0.3) is 0 Å². The minimum Gasteiger partial charge on any atom is -0.310 e. The Morgan fingerprint density at radius 1 is 0.258 bits per heavy atom. The summed E-state index contributed by atoms with van der Waals surface area (Å²) in [7, 11) is 0. The fourth-order valence-electron chi connectivity index (χ4n) is 8.88. The fourth-order valence-corrected chi connectivity index (χ4v) is 10.0. The number of anilines is 3. The first-order valence-corrected chi connectivity index (χ1v) is 22.0. The van der Waals surface area contributed by atoms with Crippen LogP contribution in [0.5, 0.6) is 0 Å². The van der Waals surface area contributed by atoms with Gasteiger partial charge in [-0.2, -0.15) is 0 Å². The van der Waals surface area contributed by atoms with Crippen molar-refractivity contribution in [2.75, 3.05) is 4.90 Å². The van der Waals surface area contributed by atoms with Crippen LogP contribution in [0.4, 0.5) is 17.1 Å². The van der Waals surface area contributed by atoms with Crippen LogP contribution in [-0.4, -0.2) is 0 Å². The van der Waals surface area contributed by atoms with Crippen molar-refractivity contribution in [2.24, 2.45) is 0 Å². The van der Waals surface area contributed by atoms with E-state index in [1.54, 1.807) is 0 Å². The molecule has 11 rings (SSSR count). The summed E-state index contributed by atoms with van der Waals surface area (Å²) < 4.78 is 2.63. The molecule has 0 atom stereocenters. The van der Waals surface area contributed by atoms with Gasteiger partial charge in [-0.1, -0.05) is 194 Å². The second-order valence-corrected chi connectivity index (χ2v) is 16.7. The Morgan fingerprint density at radius 3 is 1.32 bits per heavy atom. The van der Waals surface area contributed by atoms with Crippen molar-refractivity contribution < 1.29 is 0 Å². The van der Waals surface area contributed by atoms with Crippen molar-refractivity contribution in [1.82, 2.24) is 0 Å². The van der Waals surface area contributed by atoms with Gasteiger partial charge in [-0.25, -0.2) is 0 Å². The van der Waals surface area contributed by atoms with Crippen molar-refractivity contribution in [3.05, 3.63) is 249 Å². The number of thiophene rings is 1. The summed E-state index contributed by atoms with van der Waals surface area (Å²) in [5.41, 5.74) is 17.6. The first kappa shape index (κ1) is 37.2. The average molecular weight is 808 g/mol. The first-order valence-electron chi connectivity index (χ1n) is 21.2. The summed E-state index contributed by atoms with van der Waals surface area (Å²) in [6.45, 7) is 0. The fraction of sp³-hybridized carbons (Fsp3) is 0. The highest BCUT2D eigenvalue weighted by atomic mass is 32.1. The zero-order valence-corrected chi connectivity index (χ0v) is 34.8. The lowest BCUT2D eigenvalue weighted by molar-refractivity contribution is 1.28. The maximum atomic E-state index is 2.42. The molecule has 0 spiro atoms. The highest BCUT2D eigenvalue weighted by Crippen LogP contribution is 2.46. The van der Waals surface area contributed by atoms with Gasteiger partial charge in [0.1, 0.15) is 0 Å². The highest BCUT2D eigenvalue weighted by Gasteiger charge is 2.20. The molecule has 0 aliphatic carbocycles. The van der Waals surface area contributed by atoms with E-state index < -0.39 is 0 Å². The maximum Gasteiger partial charge on any atom is 0.0540 e. The molecule has 0 amide bonds. The van der Waals surface area contributed by atoms with E-state index in [-0.39, 0.29) is 0 Å². The lowest BCUT2D eigenvalue weighted by Gasteiger charge is -2.29. The molecular weight excluding hydrogens is 767 g/mol. The van der Waals surface area contributed by atoms with E-state index in [0.29, 0.717) is 0 Å². The van der Waals surface area contributed by atoms with Crippen LogP contribution < -0.4 is 4.90 Å². The van der Waals surface area contributed by atoms with Gasteiger partial charge in [0, 0.05) is 37.1 Å². The van der Waals surface area contributed by atoms with Crippen molar-refractivity contribution in [1.29, 1.82) is 0 Å². The van der Waals surface area contributed by atoms with Gasteiger partial charge >= 0.3 is 0 Å². The zero-order chi connectivity index (χ0) is 41.2. The predicted octanol–water partition coefficient (Wildman–Crippen LogP) is 17.5. The quantitative estimate of drug-likeness (QED) is 0.140. The van der Waals surface area contributed by atoms with Crippen LogP contribution in [0.2, 0.25) is 0 Å². The largest absolute Gasteiger partial charge is 0.310 e. The van der Waals surface area contributed by atoms with E-state index in [2.05, 4.69) is 254 Å². The molecule has 1 aromatic heterocycles. The van der Waals surface area contributed by atoms with Crippen molar-refractivity contribution in [3.63, 3.8) is 0 Å². The Balaban J connectivity index is 1.07. The Kier molecular flexibility index (Phi) is 9.82. The van der Waals surface area contributed by atoms with Gasteiger partial charge in [-0.05, 0) is 116 Å². The maximum absolute atomic E-state index is 2.42. The third-order valence-corrected chi connectivity index (χ3v) is 13.1. The summed E-state index contributed by atoms with van der Waals surface area (Å²) in [5.74, 6) is 0. The summed E-state index contributed by atoms with van der Waals surface area (Å²) in [6.07, 6.45) is 0. The molecule has 0 bridgehead atoms. The van der Waals surface area contributed by atoms with Crippen molar-refractivity contribution >= 4 is 48.6 Å². The zero-order valence-electron chi connectivity index (χ0n) is 34.0. The van der Waals surface area contributed by atoms with Crippen LogP contribution in [0.25, 0.3) is 86.9 Å². The molecule has 0 unspecified atom stereocenters. The SMILES string of the molecule is c1ccc(-c2ccc(N(c3ccc(-c4cccc5sc6ccccc6c45)cc3)c3ccc(-c4ccc(-c5ccccc5)c(-c5ccccc5)c4)cc3-c3ccccc3)cc2)cc1. The number of nitrogens with zero attached hydrogens (tertiary/aromatic N) is 1. The summed E-state index contributed by atoms with van der Waals surface area (Å²) in [4.78, 5) is 2.42. The van der Waals surface area contributed by atoms with Gasteiger partial charge in [-0.3, -0.25) is 0 Å². The molecule has 0 saturated carbocycles. The normalized spacial score (nSPS) is 11.2. The Bertz CT molecular complexity index is 3300. The molecule has 0 fully saturated rings. The highest BCUT2D eigenvalue weighted by molar-refractivity contribution is 7.25. The van der Waals surface area contributed by atoms with Gasteiger partial charge in [-0.15, -0.1) is 11.3 Å². The topological polar surface area (TPSA) is 3.24 Å². The van der Waals surface area contributed by atoms with Crippen LogP contribution in [0.15, 0.2) is 249 Å². The van der Waals surface area contributed by atoms with Crippen molar-refractivity contribution in [3.8, 4) is 66.8 Å².